The molecule has 1 aromatic carbocycles. The maximum Gasteiger partial charge on any atom is 0.244 e. The van der Waals surface area contributed by atoms with Gasteiger partial charge in [-0.3, -0.25) is 9.78 Å². The van der Waals surface area contributed by atoms with Crippen LogP contribution in [-0.4, -0.2) is 23.5 Å². The quantitative estimate of drug-likeness (QED) is 0.883. The molecule has 0 spiro atoms. The molecule has 0 saturated heterocycles. The minimum atomic E-state index is -0.158. The van der Waals surface area contributed by atoms with Gasteiger partial charge < -0.3 is 10.1 Å². The van der Waals surface area contributed by atoms with Gasteiger partial charge in [0, 0.05) is 24.9 Å². The van der Waals surface area contributed by atoms with Crippen LogP contribution in [-0.2, 0) is 11.2 Å². The number of fused-ring (bicyclic) bond motifs is 1. The number of hydrogen-bond donors (Lipinski definition) is 1. The third kappa shape index (κ3) is 3.46. The van der Waals surface area contributed by atoms with E-state index in [2.05, 4.69) is 10.3 Å². The Bertz CT molecular complexity index is 701. The van der Waals surface area contributed by atoms with Crippen molar-refractivity contribution in [3.63, 3.8) is 0 Å². The molecule has 1 aliphatic rings. The van der Waals surface area contributed by atoms with Gasteiger partial charge in [0.05, 0.1) is 11.6 Å². The summed E-state index contributed by atoms with van der Waals surface area (Å²) in [5.41, 5.74) is 1.96. The molecule has 1 aliphatic heterocycles. The number of nitrogens with zero attached hydrogens (tertiary/aromatic N) is 1. The Morgan fingerprint density at radius 1 is 1.41 bits per heavy atom. The highest BCUT2D eigenvalue weighted by Crippen LogP contribution is 2.35. The summed E-state index contributed by atoms with van der Waals surface area (Å²) in [6.07, 6.45) is 7.28. The average Bonchev–Trinajstić information content (AvgIpc) is 2.96. The van der Waals surface area contributed by atoms with Crippen molar-refractivity contribution in [3.8, 4) is 5.75 Å². The molecule has 0 bridgehead atoms. The van der Waals surface area contributed by atoms with Crippen molar-refractivity contribution in [1.29, 1.82) is 0 Å². The number of hydrogen-bond acceptors (Lipinski definition) is 3. The van der Waals surface area contributed by atoms with Crippen molar-refractivity contribution >= 4 is 23.6 Å². The van der Waals surface area contributed by atoms with Crippen LogP contribution in [0.2, 0.25) is 5.02 Å². The molecule has 1 N–H and O–H groups in total. The third-order valence-electron chi connectivity index (χ3n) is 3.40. The van der Waals surface area contributed by atoms with E-state index in [9.17, 15) is 4.79 Å². The van der Waals surface area contributed by atoms with Crippen LogP contribution in [0, 0.1) is 0 Å². The molecule has 0 aliphatic carbocycles. The van der Waals surface area contributed by atoms with Crippen LogP contribution < -0.4 is 10.1 Å². The Labute approximate surface area is 133 Å². The fourth-order valence-corrected chi connectivity index (χ4v) is 2.57. The number of amides is 1. The molecule has 1 amide bonds. The maximum atomic E-state index is 11.8. The molecule has 4 nitrogen and oxygen atoms in total. The molecule has 0 saturated carbocycles. The first-order valence-corrected chi connectivity index (χ1v) is 7.40. The minimum Gasteiger partial charge on any atom is -0.486 e. The Morgan fingerprint density at radius 2 is 2.32 bits per heavy atom. The summed E-state index contributed by atoms with van der Waals surface area (Å²) in [4.78, 5) is 15.8. The summed E-state index contributed by atoms with van der Waals surface area (Å²) in [5, 5.41) is 3.45. The number of para-hydroxylation sites is 1. The fourth-order valence-electron chi connectivity index (χ4n) is 2.33. The zero-order valence-electron chi connectivity index (χ0n) is 11.8. The van der Waals surface area contributed by atoms with E-state index in [4.69, 9.17) is 16.3 Å². The van der Waals surface area contributed by atoms with Gasteiger partial charge in [-0.2, -0.15) is 0 Å². The predicted octanol–water partition coefficient (Wildman–Crippen LogP) is 2.87. The molecule has 112 valence electrons. The Morgan fingerprint density at radius 3 is 3.09 bits per heavy atom. The zero-order valence-corrected chi connectivity index (χ0v) is 12.6. The Balaban J connectivity index is 1.51. The van der Waals surface area contributed by atoms with Gasteiger partial charge in [-0.1, -0.05) is 29.8 Å². The van der Waals surface area contributed by atoms with Gasteiger partial charge in [0.15, 0.2) is 0 Å². The number of benzene rings is 1. The Hall–Kier alpha value is -2.33. The molecule has 2 heterocycles. The van der Waals surface area contributed by atoms with Gasteiger partial charge in [-0.15, -0.1) is 0 Å². The molecule has 2 aromatic rings. The predicted molar refractivity (Wildman–Crippen MR) is 85.9 cm³/mol. The summed E-state index contributed by atoms with van der Waals surface area (Å²) in [6.45, 7) is 0.446. The van der Waals surface area contributed by atoms with E-state index in [-0.39, 0.29) is 12.0 Å². The fraction of sp³-hybridized carbons (Fsp3) is 0.176. The normalized spacial score (nSPS) is 16.3. The van der Waals surface area contributed by atoms with Gasteiger partial charge in [0.2, 0.25) is 5.91 Å². The van der Waals surface area contributed by atoms with Gasteiger partial charge in [-0.25, -0.2) is 0 Å². The lowest BCUT2D eigenvalue weighted by Gasteiger charge is -2.11. The number of rotatable bonds is 4. The second-order valence-electron chi connectivity index (χ2n) is 5.04. The topological polar surface area (TPSA) is 51.2 Å². The van der Waals surface area contributed by atoms with Crippen molar-refractivity contribution in [1.82, 2.24) is 10.3 Å². The number of pyridine rings is 1. The van der Waals surface area contributed by atoms with E-state index in [0.717, 1.165) is 23.3 Å². The second-order valence-corrected chi connectivity index (χ2v) is 5.44. The van der Waals surface area contributed by atoms with Crippen LogP contribution in [0.5, 0.6) is 5.75 Å². The largest absolute Gasteiger partial charge is 0.486 e. The molecule has 1 unspecified atom stereocenters. The first-order chi connectivity index (χ1) is 10.7. The number of nitrogens with one attached hydrogen (secondary N) is 1. The highest BCUT2D eigenvalue weighted by atomic mass is 35.5. The monoisotopic (exact) mass is 314 g/mol. The number of ether oxygens (including phenoxy) is 1. The molecular formula is C17H15ClN2O2. The summed E-state index contributed by atoms with van der Waals surface area (Å²) in [5.74, 6) is 0.573. The molecule has 0 radical (unpaired) electrons. The standard InChI is InChI=1S/C17H15ClN2O2/c18-15-5-1-4-13-9-14(22-17(13)15)11-20-16(21)7-6-12-3-2-8-19-10-12/h1-8,10,14H,9,11H2,(H,20,21)/b7-6+. The summed E-state index contributed by atoms with van der Waals surface area (Å²) in [7, 11) is 0. The van der Waals surface area contributed by atoms with Crippen LogP contribution in [0.15, 0.2) is 48.8 Å². The van der Waals surface area contributed by atoms with E-state index < -0.39 is 0 Å². The summed E-state index contributed by atoms with van der Waals surface area (Å²) in [6, 6.07) is 9.41. The summed E-state index contributed by atoms with van der Waals surface area (Å²) < 4.78 is 5.77. The SMILES string of the molecule is O=C(/C=C/c1cccnc1)NCC1Cc2cccc(Cl)c2O1. The van der Waals surface area contributed by atoms with E-state index in [1.807, 2.05) is 24.3 Å². The second kappa shape index (κ2) is 6.62. The maximum absolute atomic E-state index is 11.8. The van der Waals surface area contributed by atoms with Crippen molar-refractivity contribution < 1.29 is 9.53 Å². The molecule has 3 rings (SSSR count). The molecule has 22 heavy (non-hydrogen) atoms. The molecule has 5 heteroatoms. The van der Waals surface area contributed by atoms with Crippen molar-refractivity contribution in [3.05, 3.63) is 65.0 Å². The smallest absolute Gasteiger partial charge is 0.244 e. The number of aromatic nitrogens is 1. The van der Waals surface area contributed by atoms with E-state index in [0.29, 0.717) is 11.6 Å². The van der Waals surface area contributed by atoms with Crippen molar-refractivity contribution in [2.45, 2.75) is 12.5 Å². The molecular weight excluding hydrogens is 300 g/mol. The van der Waals surface area contributed by atoms with Crippen LogP contribution in [0.1, 0.15) is 11.1 Å². The van der Waals surface area contributed by atoms with Crippen LogP contribution >= 0.6 is 11.6 Å². The average molecular weight is 315 g/mol. The van der Waals surface area contributed by atoms with Crippen molar-refractivity contribution in [2.75, 3.05) is 6.54 Å². The van der Waals surface area contributed by atoms with E-state index in [1.54, 1.807) is 24.5 Å². The van der Waals surface area contributed by atoms with Gasteiger partial charge in [0.1, 0.15) is 11.9 Å². The lowest BCUT2D eigenvalue weighted by molar-refractivity contribution is -0.116. The minimum absolute atomic E-state index is 0.0781. The molecule has 0 fully saturated rings. The van der Waals surface area contributed by atoms with Crippen LogP contribution in [0.3, 0.4) is 0 Å². The highest BCUT2D eigenvalue weighted by molar-refractivity contribution is 6.32. The first kappa shape index (κ1) is 14.6. The number of halogens is 1. The zero-order chi connectivity index (χ0) is 15.4. The van der Waals surface area contributed by atoms with Crippen LogP contribution in [0.25, 0.3) is 6.08 Å². The molecule has 1 aromatic heterocycles. The lowest BCUT2D eigenvalue weighted by Crippen LogP contribution is -2.33. The van der Waals surface area contributed by atoms with E-state index in [1.165, 1.54) is 6.08 Å². The van der Waals surface area contributed by atoms with E-state index >= 15 is 0 Å². The number of carbonyl (C=O) groups excluding carboxylic acids is 1. The number of carbonyl (C=O) groups is 1. The van der Waals surface area contributed by atoms with Crippen molar-refractivity contribution in [2.24, 2.45) is 0 Å². The van der Waals surface area contributed by atoms with Gasteiger partial charge in [-0.05, 0) is 29.3 Å². The highest BCUT2D eigenvalue weighted by Gasteiger charge is 2.24. The Kier molecular flexibility index (Phi) is 4.39. The third-order valence-corrected chi connectivity index (χ3v) is 3.69. The molecule has 1 atom stereocenters. The van der Waals surface area contributed by atoms with Crippen LogP contribution in [0.4, 0.5) is 0 Å². The van der Waals surface area contributed by atoms with Gasteiger partial charge >= 0.3 is 0 Å². The summed E-state index contributed by atoms with van der Waals surface area (Å²) >= 11 is 6.09. The first-order valence-electron chi connectivity index (χ1n) is 7.02. The lowest BCUT2D eigenvalue weighted by atomic mass is 10.1. The van der Waals surface area contributed by atoms with Gasteiger partial charge in [0.25, 0.3) is 0 Å².